The maximum Gasteiger partial charge on any atom is 0.161 e. The molecule has 6 heteroatoms. The minimum Gasteiger partial charge on any atom is -0.493 e. The molecule has 0 saturated heterocycles. The lowest BCUT2D eigenvalue weighted by Crippen LogP contribution is -1.99. The van der Waals surface area contributed by atoms with Crippen molar-refractivity contribution in [2.75, 3.05) is 12.5 Å². The van der Waals surface area contributed by atoms with Gasteiger partial charge in [0.25, 0.3) is 0 Å². The molecule has 0 spiro atoms. The van der Waals surface area contributed by atoms with Crippen LogP contribution in [0.15, 0.2) is 84.0 Å². The molecule has 1 heterocycles. The Kier molecular flexibility index (Phi) is 5.85. The van der Waals surface area contributed by atoms with Crippen LogP contribution in [-0.2, 0) is 6.61 Å². The predicted octanol–water partition coefficient (Wildman–Crippen LogP) is 5.41. The first-order valence-electron chi connectivity index (χ1n) is 9.41. The molecule has 150 valence electrons. The number of hydrazone groups is 1. The summed E-state index contributed by atoms with van der Waals surface area (Å²) in [6.07, 6.45) is 1.68. The third kappa shape index (κ3) is 4.72. The lowest BCUT2D eigenvalue weighted by molar-refractivity contribution is 0.284. The van der Waals surface area contributed by atoms with Crippen molar-refractivity contribution in [3.05, 3.63) is 95.8 Å². The largest absolute Gasteiger partial charge is 0.493 e. The number of methoxy groups -OCH3 is 1. The van der Waals surface area contributed by atoms with Crippen LogP contribution in [-0.4, -0.2) is 18.3 Å². The molecule has 0 aliphatic carbocycles. The quantitative estimate of drug-likeness (QED) is 0.332. The highest BCUT2D eigenvalue weighted by Gasteiger charge is 2.06. The monoisotopic (exact) mass is 401 g/mol. The summed E-state index contributed by atoms with van der Waals surface area (Å²) in [6, 6.07) is 23.5. The van der Waals surface area contributed by atoms with Gasteiger partial charge in [0.1, 0.15) is 18.2 Å². The molecule has 30 heavy (non-hydrogen) atoms. The molecule has 0 fully saturated rings. The van der Waals surface area contributed by atoms with E-state index in [1.807, 2.05) is 54.6 Å². The Balaban J connectivity index is 1.41. The molecule has 4 aromatic rings. The number of nitrogens with zero attached hydrogens (tertiary/aromatic N) is 2. The second kappa shape index (κ2) is 9.05. The molecule has 0 saturated carbocycles. The zero-order chi connectivity index (χ0) is 20.8. The van der Waals surface area contributed by atoms with E-state index in [0.29, 0.717) is 23.9 Å². The first-order valence-corrected chi connectivity index (χ1v) is 9.41. The van der Waals surface area contributed by atoms with E-state index in [0.717, 1.165) is 22.0 Å². The number of anilines is 1. The molecule has 0 bridgehead atoms. The summed E-state index contributed by atoms with van der Waals surface area (Å²) in [5.41, 5.74) is 5.56. The van der Waals surface area contributed by atoms with E-state index in [4.69, 9.17) is 9.47 Å². The second-order valence-electron chi connectivity index (χ2n) is 6.58. The highest BCUT2D eigenvalue weighted by Crippen LogP contribution is 2.28. The van der Waals surface area contributed by atoms with Crippen molar-refractivity contribution < 1.29 is 13.9 Å². The van der Waals surface area contributed by atoms with Crippen LogP contribution in [0.5, 0.6) is 11.5 Å². The van der Waals surface area contributed by atoms with E-state index >= 15 is 0 Å². The number of para-hydroxylation sites is 1. The number of fused-ring (bicyclic) bond motifs is 1. The van der Waals surface area contributed by atoms with Crippen molar-refractivity contribution in [2.45, 2.75) is 6.61 Å². The fourth-order valence-electron chi connectivity index (χ4n) is 2.93. The maximum absolute atomic E-state index is 13.0. The van der Waals surface area contributed by atoms with E-state index in [2.05, 4.69) is 15.5 Å². The van der Waals surface area contributed by atoms with E-state index in [1.165, 1.54) is 12.1 Å². The highest BCUT2D eigenvalue weighted by atomic mass is 19.1. The Morgan fingerprint density at radius 2 is 1.80 bits per heavy atom. The number of aromatic nitrogens is 1. The number of nitrogens with one attached hydrogen (secondary N) is 1. The van der Waals surface area contributed by atoms with Crippen LogP contribution in [0.3, 0.4) is 0 Å². The lowest BCUT2D eigenvalue weighted by Gasteiger charge is -2.11. The minimum absolute atomic E-state index is 0.271. The van der Waals surface area contributed by atoms with Gasteiger partial charge in [-0.25, -0.2) is 9.37 Å². The zero-order valence-electron chi connectivity index (χ0n) is 16.4. The summed E-state index contributed by atoms with van der Waals surface area (Å²) in [4.78, 5) is 4.52. The number of pyridine rings is 1. The molecule has 4 rings (SSSR count). The van der Waals surface area contributed by atoms with Gasteiger partial charge in [-0.3, -0.25) is 5.43 Å². The highest BCUT2D eigenvalue weighted by molar-refractivity contribution is 5.82. The number of hydrogen-bond donors (Lipinski definition) is 1. The molecule has 0 amide bonds. The van der Waals surface area contributed by atoms with Crippen molar-refractivity contribution in [2.24, 2.45) is 5.10 Å². The Bertz CT molecular complexity index is 1180. The summed E-state index contributed by atoms with van der Waals surface area (Å²) in [6.45, 7) is 0.319. The molecule has 0 aliphatic rings. The molecular formula is C24H20FN3O2. The zero-order valence-corrected chi connectivity index (χ0v) is 16.4. The first-order chi connectivity index (χ1) is 14.7. The van der Waals surface area contributed by atoms with Crippen molar-refractivity contribution in [3.8, 4) is 11.5 Å². The van der Waals surface area contributed by atoms with Gasteiger partial charge in [0.05, 0.1) is 18.8 Å². The van der Waals surface area contributed by atoms with E-state index < -0.39 is 0 Å². The van der Waals surface area contributed by atoms with Gasteiger partial charge in [0, 0.05) is 5.39 Å². The molecule has 0 unspecified atom stereocenters. The third-order valence-corrected chi connectivity index (χ3v) is 4.49. The van der Waals surface area contributed by atoms with Crippen molar-refractivity contribution in [1.29, 1.82) is 0 Å². The van der Waals surface area contributed by atoms with Crippen LogP contribution < -0.4 is 14.9 Å². The average molecular weight is 401 g/mol. The van der Waals surface area contributed by atoms with E-state index in [9.17, 15) is 4.39 Å². The number of halogens is 1. The molecule has 0 radical (unpaired) electrons. The first kappa shape index (κ1) is 19.4. The SMILES string of the molecule is COc1cc(/C=N\Nc2ccc3ccccc3n2)ccc1OCc1ccc(F)cc1. The van der Waals surface area contributed by atoms with Crippen molar-refractivity contribution in [1.82, 2.24) is 4.98 Å². The van der Waals surface area contributed by atoms with Crippen LogP contribution in [0.4, 0.5) is 10.2 Å². The van der Waals surface area contributed by atoms with Crippen molar-refractivity contribution in [3.63, 3.8) is 0 Å². The average Bonchev–Trinajstić information content (AvgIpc) is 2.79. The molecule has 0 atom stereocenters. The molecule has 3 aromatic carbocycles. The van der Waals surface area contributed by atoms with Gasteiger partial charge in [-0.2, -0.15) is 5.10 Å². The number of ether oxygens (including phenoxy) is 2. The predicted molar refractivity (Wildman–Crippen MR) is 117 cm³/mol. The third-order valence-electron chi connectivity index (χ3n) is 4.49. The standard InChI is InChI=1S/C24H20FN3O2/c1-29-23-14-18(8-12-22(23)30-16-17-6-10-20(25)11-7-17)15-26-28-24-13-9-19-4-2-3-5-21(19)27-24/h2-15H,16H2,1H3,(H,27,28)/b26-15-. The summed E-state index contributed by atoms with van der Waals surface area (Å²) in [5.74, 6) is 1.58. The smallest absolute Gasteiger partial charge is 0.161 e. The Morgan fingerprint density at radius 1 is 0.967 bits per heavy atom. The molecule has 0 aliphatic heterocycles. The van der Waals surface area contributed by atoms with Gasteiger partial charge in [-0.1, -0.05) is 30.3 Å². The van der Waals surface area contributed by atoms with E-state index in [1.54, 1.807) is 25.5 Å². The van der Waals surface area contributed by atoms with E-state index in [-0.39, 0.29) is 5.82 Å². The maximum atomic E-state index is 13.0. The molecule has 5 nitrogen and oxygen atoms in total. The van der Waals surface area contributed by atoms with Gasteiger partial charge < -0.3 is 9.47 Å². The van der Waals surface area contributed by atoms with Crippen LogP contribution in [0.1, 0.15) is 11.1 Å². The van der Waals surface area contributed by atoms with Gasteiger partial charge in [-0.15, -0.1) is 0 Å². The second-order valence-corrected chi connectivity index (χ2v) is 6.58. The number of benzene rings is 3. The van der Waals surface area contributed by atoms with Gasteiger partial charge in [0.2, 0.25) is 0 Å². The molecular weight excluding hydrogens is 381 g/mol. The summed E-state index contributed by atoms with van der Waals surface area (Å²) in [5, 5.41) is 5.33. The van der Waals surface area contributed by atoms with Crippen molar-refractivity contribution >= 4 is 22.9 Å². The van der Waals surface area contributed by atoms with Crippen LogP contribution in [0.25, 0.3) is 10.9 Å². The fraction of sp³-hybridized carbons (Fsp3) is 0.0833. The van der Waals surface area contributed by atoms with Crippen LogP contribution >= 0.6 is 0 Å². The van der Waals surface area contributed by atoms with Gasteiger partial charge >= 0.3 is 0 Å². The van der Waals surface area contributed by atoms with Crippen LogP contribution in [0.2, 0.25) is 0 Å². The summed E-state index contributed by atoms with van der Waals surface area (Å²) >= 11 is 0. The topological polar surface area (TPSA) is 55.7 Å². The summed E-state index contributed by atoms with van der Waals surface area (Å²) < 4.78 is 24.2. The van der Waals surface area contributed by atoms with Gasteiger partial charge in [-0.05, 0) is 59.7 Å². The van der Waals surface area contributed by atoms with Crippen LogP contribution in [0, 0.1) is 5.82 Å². The van der Waals surface area contributed by atoms with Gasteiger partial charge in [0.15, 0.2) is 11.5 Å². The Hall–Kier alpha value is -3.93. The minimum atomic E-state index is -0.271. The molecule has 1 aromatic heterocycles. The molecule has 1 N–H and O–H groups in total. The Morgan fingerprint density at radius 3 is 2.63 bits per heavy atom. The fourth-order valence-corrected chi connectivity index (χ4v) is 2.93. The Labute approximate surface area is 173 Å². The lowest BCUT2D eigenvalue weighted by atomic mass is 10.2. The summed E-state index contributed by atoms with van der Waals surface area (Å²) in [7, 11) is 1.58. The normalized spacial score (nSPS) is 11.0. The number of hydrogen-bond acceptors (Lipinski definition) is 5. The number of rotatable bonds is 7.